The second-order valence-electron chi connectivity index (χ2n) is 3.94. The molecule has 3 nitrogen and oxygen atoms in total. The van der Waals surface area contributed by atoms with Gasteiger partial charge in [0.15, 0.2) is 0 Å². The molecule has 0 saturated heterocycles. The number of carbonyl (C=O) groups is 1. The number of alkyl halides is 3. The van der Waals surface area contributed by atoms with Gasteiger partial charge in [0.2, 0.25) is 5.91 Å². The molecule has 0 fully saturated rings. The van der Waals surface area contributed by atoms with Crippen LogP contribution in [0.1, 0.15) is 39.0 Å². The molecule has 0 rings (SSSR count). The Balaban J connectivity index is 3.35. The van der Waals surface area contributed by atoms with Crippen LogP contribution in [0.3, 0.4) is 0 Å². The summed E-state index contributed by atoms with van der Waals surface area (Å²) in [5.41, 5.74) is 5.46. The average molecular weight is 240 g/mol. The first kappa shape index (κ1) is 15.2. The third-order valence-corrected chi connectivity index (χ3v) is 2.04. The van der Waals surface area contributed by atoms with Crippen LogP contribution in [0.2, 0.25) is 0 Å². The van der Waals surface area contributed by atoms with Crippen LogP contribution in [0.15, 0.2) is 0 Å². The van der Waals surface area contributed by atoms with Crippen molar-refractivity contribution in [3.63, 3.8) is 0 Å². The van der Waals surface area contributed by atoms with E-state index in [0.29, 0.717) is 25.8 Å². The van der Waals surface area contributed by atoms with Crippen molar-refractivity contribution in [3.05, 3.63) is 0 Å². The van der Waals surface area contributed by atoms with Crippen molar-refractivity contribution in [2.24, 2.45) is 5.73 Å². The largest absolute Gasteiger partial charge is 0.389 e. The van der Waals surface area contributed by atoms with Gasteiger partial charge < -0.3 is 11.1 Å². The van der Waals surface area contributed by atoms with Crippen LogP contribution in [0.4, 0.5) is 13.2 Å². The van der Waals surface area contributed by atoms with Gasteiger partial charge >= 0.3 is 6.18 Å². The average Bonchev–Trinajstić information content (AvgIpc) is 2.12. The molecular formula is C10H19F3N2O. The van der Waals surface area contributed by atoms with Crippen molar-refractivity contribution in [3.8, 4) is 0 Å². The molecule has 0 bridgehead atoms. The van der Waals surface area contributed by atoms with Gasteiger partial charge in [0.1, 0.15) is 0 Å². The molecule has 0 aromatic heterocycles. The van der Waals surface area contributed by atoms with Gasteiger partial charge in [-0.25, -0.2) is 0 Å². The Morgan fingerprint density at radius 3 is 2.50 bits per heavy atom. The van der Waals surface area contributed by atoms with E-state index in [4.69, 9.17) is 5.73 Å². The molecule has 0 heterocycles. The van der Waals surface area contributed by atoms with Crippen LogP contribution in [0, 0.1) is 0 Å². The summed E-state index contributed by atoms with van der Waals surface area (Å²) in [7, 11) is 0. The Hall–Kier alpha value is -0.780. The molecular weight excluding hydrogens is 221 g/mol. The van der Waals surface area contributed by atoms with Crippen LogP contribution >= 0.6 is 0 Å². The summed E-state index contributed by atoms with van der Waals surface area (Å²) in [6, 6.07) is -0.0315. The molecule has 1 atom stereocenters. The molecule has 1 unspecified atom stereocenters. The first-order chi connectivity index (χ1) is 7.31. The molecule has 0 spiro atoms. The Morgan fingerprint density at radius 1 is 1.38 bits per heavy atom. The number of carbonyl (C=O) groups excluding carboxylic acids is 1. The van der Waals surface area contributed by atoms with Gasteiger partial charge in [0.25, 0.3) is 0 Å². The maximum absolute atomic E-state index is 11.7. The predicted molar refractivity (Wildman–Crippen MR) is 55.8 cm³/mol. The Labute approximate surface area is 93.6 Å². The molecule has 0 radical (unpaired) electrons. The highest BCUT2D eigenvalue weighted by atomic mass is 19.4. The van der Waals surface area contributed by atoms with Gasteiger partial charge in [-0.15, -0.1) is 0 Å². The number of halogens is 3. The van der Waals surface area contributed by atoms with Gasteiger partial charge in [-0.1, -0.05) is 0 Å². The summed E-state index contributed by atoms with van der Waals surface area (Å²) in [5.74, 6) is -0.149. The Bertz CT molecular complexity index is 205. The standard InChI is InChI=1S/C10H19F3N2O/c1-8(14)4-5-9(16)15-7-3-2-6-10(11,12)13/h8H,2-7,14H2,1H3,(H,15,16). The van der Waals surface area contributed by atoms with Crippen molar-refractivity contribution < 1.29 is 18.0 Å². The lowest BCUT2D eigenvalue weighted by Crippen LogP contribution is -2.26. The van der Waals surface area contributed by atoms with Crippen LogP contribution in [-0.2, 0) is 4.79 Å². The fraction of sp³-hybridized carbons (Fsp3) is 0.900. The fourth-order valence-corrected chi connectivity index (χ4v) is 1.13. The molecule has 0 aromatic carbocycles. The van der Waals surface area contributed by atoms with E-state index in [-0.39, 0.29) is 18.4 Å². The minimum Gasteiger partial charge on any atom is -0.356 e. The number of rotatable bonds is 7. The van der Waals surface area contributed by atoms with Crippen molar-refractivity contribution in [1.29, 1.82) is 0 Å². The smallest absolute Gasteiger partial charge is 0.356 e. The van der Waals surface area contributed by atoms with Gasteiger partial charge in [-0.3, -0.25) is 4.79 Å². The van der Waals surface area contributed by atoms with Crippen molar-refractivity contribution >= 4 is 5.91 Å². The minimum atomic E-state index is -4.10. The highest BCUT2D eigenvalue weighted by Gasteiger charge is 2.25. The summed E-state index contributed by atoms with van der Waals surface area (Å²) < 4.78 is 35.2. The number of hydrogen-bond donors (Lipinski definition) is 2. The lowest BCUT2D eigenvalue weighted by molar-refractivity contribution is -0.135. The van der Waals surface area contributed by atoms with Gasteiger partial charge in [-0.05, 0) is 26.2 Å². The van der Waals surface area contributed by atoms with E-state index in [1.54, 1.807) is 6.92 Å². The second-order valence-corrected chi connectivity index (χ2v) is 3.94. The van der Waals surface area contributed by atoms with E-state index in [2.05, 4.69) is 5.32 Å². The molecule has 96 valence electrons. The van der Waals surface area contributed by atoms with Crippen LogP contribution < -0.4 is 11.1 Å². The van der Waals surface area contributed by atoms with Crippen LogP contribution in [0.25, 0.3) is 0 Å². The Kier molecular flexibility index (Phi) is 7.12. The number of unbranched alkanes of at least 4 members (excludes halogenated alkanes) is 1. The number of nitrogens with one attached hydrogen (secondary N) is 1. The molecule has 0 aliphatic heterocycles. The Morgan fingerprint density at radius 2 is 2.00 bits per heavy atom. The van der Waals surface area contributed by atoms with Crippen molar-refractivity contribution in [2.45, 2.75) is 51.2 Å². The predicted octanol–water partition coefficient (Wildman–Crippen LogP) is 1.96. The molecule has 3 N–H and O–H groups in total. The summed E-state index contributed by atoms with van der Waals surface area (Å²) in [6.07, 6.45) is -3.56. The maximum Gasteiger partial charge on any atom is 0.389 e. The fourth-order valence-electron chi connectivity index (χ4n) is 1.13. The van der Waals surface area contributed by atoms with Crippen LogP contribution in [-0.4, -0.2) is 24.7 Å². The summed E-state index contributed by atoms with van der Waals surface area (Å²) in [4.78, 5) is 11.1. The zero-order valence-electron chi connectivity index (χ0n) is 9.44. The molecule has 0 aromatic rings. The van der Waals surface area contributed by atoms with E-state index in [9.17, 15) is 18.0 Å². The van der Waals surface area contributed by atoms with E-state index in [1.165, 1.54) is 0 Å². The van der Waals surface area contributed by atoms with E-state index < -0.39 is 12.6 Å². The molecule has 6 heteroatoms. The molecule has 16 heavy (non-hydrogen) atoms. The minimum absolute atomic E-state index is 0.0315. The molecule has 0 saturated carbocycles. The topological polar surface area (TPSA) is 55.1 Å². The summed E-state index contributed by atoms with van der Waals surface area (Å²) >= 11 is 0. The van der Waals surface area contributed by atoms with Crippen molar-refractivity contribution in [2.75, 3.05) is 6.54 Å². The second kappa shape index (κ2) is 7.49. The van der Waals surface area contributed by atoms with E-state index in [1.807, 2.05) is 0 Å². The molecule has 0 aliphatic rings. The lowest BCUT2D eigenvalue weighted by atomic mass is 10.2. The molecule has 1 amide bonds. The SMILES string of the molecule is CC(N)CCC(=O)NCCCCC(F)(F)F. The summed E-state index contributed by atoms with van der Waals surface area (Å²) in [5, 5.41) is 2.56. The highest BCUT2D eigenvalue weighted by Crippen LogP contribution is 2.21. The van der Waals surface area contributed by atoms with Crippen molar-refractivity contribution in [1.82, 2.24) is 5.32 Å². The number of amides is 1. The zero-order valence-corrected chi connectivity index (χ0v) is 9.44. The number of nitrogens with two attached hydrogens (primary N) is 1. The maximum atomic E-state index is 11.7. The van der Waals surface area contributed by atoms with E-state index >= 15 is 0 Å². The normalized spacial score (nSPS) is 13.6. The third-order valence-electron chi connectivity index (χ3n) is 2.04. The lowest BCUT2D eigenvalue weighted by Gasteiger charge is -2.08. The van der Waals surface area contributed by atoms with Crippen LogP contribution in [0.5, 0.6) is 0 Å². The van der Waals surface area contributed by atoms with Gasteiger partial charge in [0.05, 0.1) is 0 Å². The monoisotopic (exact) mass is 240 g/mol. The van der Waals surface area contributed by atoms with Gasteiger partial charge in [0, 0.05) is 25.4 Å². The first-order valence-corrected chi connectivity index (χ1v) is 5.40. The van der Waals surface area contributed by atoms with E-state index in [0.717, 1.165) is 0 Å². The van der Waals surface area contributed by atoms with Gasteiger partial charge in [-0.2, -0.15) is 13.2 Å². The molecule has 0 aliphatic carbocycles. The third kappa shape index (κ3) is 11.3. The summed E-state index contributed by atoms with van der Waals surface area (Å²) in [6.45, 7) is 2.10. The quantitative estimate of drug-likeness (QED) is 0.668. The first-order valence-electron chi connectivity index (χ1n) is 5.40. The highest BCUT2D eigenvalue weighted by molar-refractivity contribution is 5.75. The zero-order chi connectivity index (χ0) is 12.6. The number of hydrogen-bond acceptors (Lipinski definition) is 2.